The summed E-state index contributed by atoms with van der Waals surface area (Å²) >= 11 is 1.47. The number of fused-ring (bicyclic) bond motifs is 1. The van der Waals surface area contributed by atoms with E-state index in [2.05, 4.69) is 4.98 Å². The number of nitrogens with zero attached hydrogens (tertiary/aromatic N) is 1. The third kappa shape index (κ3) is 1.94. The Bertz CT molecular complexity index is 570. The number of hydrogen-bond acceptors (Lipinski definition) is 6. The summed E-state index contributed by atoms with van der Waals surface area (Å²) in [6.45, 7) is 0.429. The molecule has 0 radical (unpaired) electrons. The van der Waals surface area contributed by atoms with Gasteiger partial charge in [0.05, 0.1) is 5.69 Å². The van der Waals surface area contributed by atoms with Crippen LogP contribution in [0.1, 0.15) is 11.8 Å². The van der Waals surface area contributed by atoms with Crippen LogP contribution < -0.4 is 15.2 Å². The lowest BCUT2D eigenvalue weighted by Gasteiger charge is -2.02. The Morgan fingerprint density at radius 1 is 1.39 bits per heavy atom. The van der Waals surface area contributed by atoms with Crippen LogP contribution in [0.15, 0.2) is 23.6 Å². The maximum atomic E-state index is 9.62. The van der Waals surface area contributed by atoms with Crippen LogP contribution in [-0.4, -0.2) is 23.4 Å². The molecule has 1 aliphatic heterocycles. The average Bonchev–Trinajstić information content (AvgIpc) is 3.05. The van der Waals surface area contributed by atoms with Gasteiger partial charge in [0.1, 0.15) is 11.1 Å². The lowest BCUT2D eigenvalue weighted by Crippen LogP contribution is -2.11. The van der Waals surface area contributed by atoms with Crippen molar-refractivity contribution in [1.29, 1.82) is 0 Å². The second-order valence-corrected chi connectivity index (χ2v) is 4.76. The molecule has 3 rings (SSSR count). The summed E-state index contributed by atoms with van der Waals surface area (Å²) in [6.07, 6.45) is -0.705. The summed E-state index contributed by atoms with van der Waals surface area (Å²) in [5.41, 5.74) is 6.95. The van der Waals surface area contributed by atoms with Crippen LogP contribution in [0.5, 0.6) is 11.5 Å². The molecular formula is C12H12N2O3S. The summed E-state index contributed by atoms with van der Waals surface area (Å²) in [5, 5.41) is 12.3. The van der Waals surface area contributed by atoms with E-state index in [-0.39, 0.29) is 13.3 Å². The number of thiazole rings is 1. The van der Waals surface area contributed by atoms with E-state index in [1.54, 1.807) is 0 Å². The standard InChI is InChI=1S/C12H12N2O3S/c13-4-9(15)8-5-18-12(14-8)7-1-2-10-11(3-7)17-6-16-10/h1-3,5,9,15H,4,6,13H2. The largest absolute Gasteiger partial charge is 0.454 e. The molecule has 2 heterocycles. The van der Waals surface area contributed by atoms with Crippen LogP contribution in [0.4, 0.5) is 0 Å². The van der Waals surface area contributed by atoms with Gasteiger partial charge >= 0.3 is 0 Å². The molecule has 1 unspecified atom stereocenters. The van der Waals surface area contributed by atoms with Gasteiger partial charge in [-0.1, -0.05) is 0 Å². The lowest BCUT2D eigenvalue weighted by atomic mass is 10.2. The normalized spacial score (nSPS) is 14.8. The molecule has 0 aliphatic carbocycles. The molecule has 1 aromatic carbocycles. The highest BCUT2D eigenvalue weighted by Crippen LogP contribution is 2.37. The van der Waals surface area contributed by atoms with E-state index in [4.69, 9.17) is 15.2 Å². The Balaban J connectivity index is 1.92. The fourth-order valence-electron chi connectivity index (χ4n) is 1.72. The maximum absolute atomic E-state index is 9.62. The van der Waals surface area contributed by atoms with Crippen molar-refractivity contribution in [2.24, 2.45) is 5.73 Å². The highest BCUT2D eigenvalue weighted by molar-refractivity contribution is 7.13. The zero-order chi connectivity index (χ0) is 12.5. The molecular weight excluding hydrogens is 252 g/mol. The Kier molecular flexibility index (Phi) is 2.91. The summed E-state index contributed by atoms with van der Waals surface area (Å²) in [6, 6.07) is 5.67. The summed E-state index contributed by atoms with van der Waals surface area (Å²) in [7, 11) is 0. The van der Waals surface area contributed by atoms with Crippen molar-refractivity contribution >= 4 is 11.3 Å². The first kappa shape index (κ1) is 11.5. The third-order valence-corrected chi connectivity index (χ3v) is 3.62. The first-order valence-corrected chi connectivity index (χ1v) is 6.39. The van der Waals surface area contributed by atoms with Crippen molar-refractivity contribution in [3.8, 4) is 22.1 Å². The van der Waals surface area contributed by atoms with E-state index in [0.29, 0.717) is 5.69 Å². The maximum Gasteiger partial charge on any atom is 0.231 e. The predicted molar refractivity (Wildman–Crippen MR) is 67.7 cm³/mol. The highest BCUT2D eigenvalue weighted by Gasteiger charge is 2.16. The minimum absolute atomic E-state index is 0.171. The van der Waals surface area contributed by atoms with Crippen molar-refractivity contribution in [3.05, 3.63) is 29.3 Å². The minimum atomic E-state index is -0.705. The second kappa shape index (κ2) is 4.56. The van der Waals surface area contributed by atoms with Gasteiger partial charge in [-0.25, -0.2) is 4.98 Å². The van der Waals surface area contributed by atoms with Crippen LogP contribution in [0.2, 0.25) is 0 Å². The first-order valence-electron chi connectivity index (χ1n) is 5.51. The number of nitrogens with two attached hydrogens (primary N) is 1. The molecule has 94 valence electrons. The predicted octanol–water partition coefficient (Wildman–Crippen LogP) is 1.53. The average molecular weight is 264 g/mol. The van der Waals surface area contributed by atoms with Crippen LogP contribution in [0.3, 0.4) is 0 Å². The SMILES string of the molecule is NCC(O)c1csc(-c2ccc3c(c2)OCO3)n1. The van der Waals surface area contributed by atoms with E-state index in [0.717, 1.165) is 22.1 Å². The lowest BCUT2D eigenvalue weighted by molar-refractivity contribution is 0.174. The number of hydrogen-bond donors (Lipinski definition) is 2. The molecule has 2 aromatic rings. The number of aliphatic hydroxyl groups is 1. The Morgan fingerprint density at radius 3 is 3.06 bits per heavy atom. The molecule has 5 nitrogen and oxygen atoms in total. The number of ether oxygens (including phenoxy) is 2. The summed E-state index contributed by atoms with van der Waals surface area (Å²) in [5.74, 6) is 1.47. The zero-order valence-electron chi connectivity index (χ0n) is 9.50. The van der Waals surface area contributed by atoms with Crippen molar-refractivity contribution in [1.82, 2.24) is 4.98 Å². The Labute approximate surface area is 108 Å². The molecule has 6 heteroatoms. The smallest absolute Gasteiger partial charge is 0.231 e. The van der Waals surface area contributed by atoms with Gasteiger partial charge in [0.2, 0.25) is 6.79 Å². The molecule has 0 bridgehead atoms. The van der Waals surface area contributed by atoms with E-state index in [1.165, 1.54) is 11.3 Å². The molecule has 18 heavy (non-hydrogen) atoms. The quantitative estimate of drug-likeness (QED) is 0.879. The number of aliphatic hydroxyl groups excluding tert-OH is 1. The van der Waals surface area contributed by atoms with E-state index < -0.39 is 6.10 Å². The Morgan fingerprint density at radius 2 is 2.22 bits per heavy atom. The summed E-state index contributed by atoms with van der Waals surface area (Å²) < 4.78 is 10.6. The summed E-state index contributed by atoms with van der Waals surface area (Å²) in [4.78, 5) is 4.37. The van der Waals surface area contributed by atoms with Crippen LogP contribution >= 0.6 is 11.3 Å². The van der Waals surface area contributed by atoms with Gasteiger partial charge in [0.25, 0.3) is 0 Å². The molecule has 0 amide bonds. The Hall–Kier alpha value is -1.63. The molecule has 1 aromatic heterocycles. The van der Waals surface area contributed by atoms with Crippen molar-refractivity contribution in [3.63, 3.8) is 0 Å². The van der Waals surface area contributed by atoms with Gasteiger partial charge in [-0.15, -0.1) is 11.3 Å². The van der Waals surface area contributed by atoms with E-state index in [9.17, 15) is 5.11 Å². The molecule has 0 saturated carbocycles. The second-order valence-electron chi connectivity index (χ2n) is 3.90. The van der Waals surface area contributed by atoms with Crippen molar-refractivity contribution in [2.75, 3.05) is 13.3 Å². The molecule has 1 aliphatic rings. The fourth-order valence-corrected chi connectivity index (χ4v) is 2.59. The van der Waals surface area contributed by atoms with Gasteiger partial charge in [0, 0.05) is 17.5 Å². The van der Waals surface area contributed by atoms with Crippen LogP contribution in [-0.2, 0) is 0 Å². The molecule has 0 fully saturated rings. The minimum Gasteiger partial charge on any atom is -0.454 e. The molecule has 0 spiro atoms. The molecule has 0 saturated heterocycles. The van der Waals surface area contributed by atoms with E-state index >= 15 is 0 Å². The van der Waals surface area contributed by atoms with Gasteiger partial charge in [0.15, 0.2) is 11.5 Å². The van der Waals surface area contributed by atoms with Crippen LogP contribution in [0.25, 0.3) is 10.6 Å². The zero-order valence-corrected chi connectivity index (χ0v) is 10.3. The topological polar surface area (TPSA) is 77.6 Å². The monoisotopic (exact) mass is 264 g/mol. The molecule has 1 atom stereocenters. The number of aromatic nitrogens is 1. The van der Waals surface area contributed by atoms with E-state index in [1.807, 2.05) is 23.6 Å². The number of benzene rings is 1. The fraction of sp³-hybridized carbons (Fsp3) is 0.250. The van der Waals surface area contributed by atoms with Gasteiger partial charge in [-0.2, -0.15) is 0 Å². The third-order valence-electron chi connectivity index (χ3n) is 2.71. The van der Waals surface area contributed by atoms with Gasteiger partial charge < -0.3 is 20.3 Å². The number of rotatable bonds is 3. The molecule has 3 N–H and O–H groups in total. The van der Waals surface area contributed by atoms with Gasteiger partial charge in [-0.05, 0) is 18.2 Å². The van der Waals surface area contributed by atoms with Crippen LogP contribution in [0, 0.1) is 0 Å². The van der Waals surface area contributed by atoms with Gasteiger partial charge in [-0.3, -0.25) is 0 Å². The van der Waals surface area contributed by atoms with Crippen molar-refractivity contribution in [2.45, 2.75) is 6.10 Å². The first-order chi connectivity index (χ1) is 8.78. The highest BCUT2D eigenvalue weighted by atomic mass is 32.1. The van der Waals surface area contributed by atoms with Crippen molar-refractivity contribution < 1.29 is 14.6 Å².